The van der Waals surface area contributed by atoms with Gasteiger partial charge in [-0.3, -0.25) is 4.18 Å². The molecule has 0 bridgehead atoms. The van der Waals surface area contributed by atoms with E-state index in [0.29, 0.717) is 12.5 Å². The molecule has 15 heavy (non-hydrogen) atoms. The van der Waals surface area contributed by atoms with Gasteiger partial charge in [-0.2, -0.15) is 8.42 Å². The molecule has 0 aromatic carbocycles. The van der Waals surface area contributed by atoms with Crippen molar-refractivity contribution in [2.75, 3.05) is 12.9 Å². The van der Waals surface area contributed by atoms with Crippen molar-refractivity contribution in [2.24, 2.45) is 11.8 Å². The van der Waals surface area contributed by atoms with Crippen LogP contribution in [-0.2, 0) is 14.3 Å². The molecule has 0 amide bonds. The molecule has 92 valence electrons. The molecule has 0 unspecified atom stereocenters. The fourth-order valence-electron chi connectivity index (χ4n) is 1.42. The van der Waals surface area contributed by atoms with Crippen LogP contribution >= 0.6 is 0 Å². The van der Waals surface area contributed by atoms with E-state index < -0.39 is 10.1 Å². The Morgan fingerprint density at radius 2 is 1.67 bits per heavy atom. The minimum atomic E-state index is -3.25. The van der Waals surface area contributed by atoms with E-state index in [9.17, 15) is 8.42 Å². The summed E-state index contributed by atoms with van der Waals surface area (Å²) in [6, 6.07) is 0. The maximum Gasteiger partial charge on any atom is 0.264 e. The van der Waals surface area contributed by atoms with Gasteiger partial charge in [0.1, 0.15) is 0 Å². The summed E-state index contributed by atoms with van der Waals surface area (Å²) in [5, 5.41) is 0. The van der Waals surface area contributed by atoms with Crippen molar-refractivity contribution in [3.8, 4) is 0 Å². The van der Waals surface area contributed by atoms with Crippen LogP contribution in [0.15, 0.2) is 0 Å². The van der Waals surface area contributed by atoms with E-state index >= 15 is 0 Å². The van der Waals surface area contributed by atoms with Crippen molar-refractivity contribution in [3.05, 3.63) is 0 Å². The predicted molar refractivity (Wildman–Crippen MR) is 63.3 cm³/mol. The van der Waals surface area contributed by atoms with Crippen molar-refractivity contribution in [3.63, 3.8) is 0 Å². The van der Waals surface area contributed by atoms with Gasteiger partial charge in [0.05, 0.1) is 12.9 Å². The highest BCUT2D eigenvalue weighted by Gasteiger charge is 2.06. The highest BCUT2D eigenvalue weighted by molar-refractivity contribution is 7.85. The van der Waals surface area contributed by atoms with Crippen LogP contribution in [0, 0.1) is 11.8 Å². The summed E-state index contributed by atoms with van der Waals surface area (Å²) in [4.78, 5) is 0. The standard InChI is InChI=1S/C11H24O3S/c1-10(2)6-5-7-11(3)8-9-14-15(4,12)13/h10-11H,5-9H2,1-4H3/t11-/m0/s1. The van der Waals surface area contributed by atoms with Gasteiger partial charge >= 0.3 is 0 Å². The molecule has 0 saturated heterocycles. The van der Waals surface area contributed by atoms with Crippen LogP contribution in [0.1, 0.15) is 46.5 Å². The van der Waals surface area contributed by atoms with E-state index in [-0.39, 0.29) is 0 Å². The first-order valence-corrected chi connectivity index (χ1v) is 7.47. The third-order valence-corrected chi connectivity index (χ3v) is 2.98. The van der Waals surface area contributed by atoms with Crippen molar-refractivity contribution < 1.29 is 12.6 Å². The molecule has 0 radical (unpaired) electrons. The lowest BCUT2D eigenvalue weighted by Crippen LogP contribution is -2.07. The van der Waals surface area contributed by atoms with Gasteiger partial charge in [0.15, 0.2) is 0 Å². The molecule has 3 nitrogen and oxygen atoms in total. The molecule has 0 aliphatic heterocycles. The minimum absolute atomic E-state index is 0.321. The summed E-state index contributed by atoms with van der Waals surface area (Å²) in [6.07, 6.45) is 5.54. The Morgan fingerprint density at radius 3 is 2.13 bits per heavy atom. The Bertz CT molecular complexity index is 245. The topological polar surface area (TPSA) is 43.4 Å². The minimum Gasteiger partial charge on any atom is -0.270 e. The third-order valence-electron chi connectivity index (χ3n) is 2.39. The van der Waals surface area contributed by atoms with Crippen molar-refractivity contribution in [2.45, 2.75) is 46.5 Å². The summed E-state index contributed by atoms with van der Waals surface area (Å²) in [5.41, 5.74) is 0. The van der Waals surface area contributed by atoms with E-state index in [1.165, 1.54) is 12.8 Å². The molecule has 0 heterocycles. The fraction of sp³-hybridized carbons (Fsp3) is 1.00. The Hall–Kier alpha value is -0.0900. The number of hydrogen-bond donors (Lipinski definition) is 0. The smallest absolute Gasteiger partial charge is 0.264 e. The van der Waals surface area contributed by atoms with E-state index in [2.05, 4.69) is 20.8 Å². The molecule has 0 aliphatic rings. The molecule has 0 aromatic rings. The molecule has 0 spiro atoms. The van der Waals surface area contributed by atoms with Crippen LogP contribution in [0.3, 0.4) is 0 Å². The van der Waals surface area contributed by atoms with Gasteiger partial charge in [-0.15, -0.1) is 0 Å². The lowest BCUT2D eigenvalue weighted by Gasteiger charge is -2.11. The van der Waals surface area contributed by atoms with Crippen LogP contribution < -0.4 is 0 Å². The molecule has 0 rings (SSSR count). The normalized spacial score (nSPS) is 14.5. The second-order valence-corrected chi connectivity index (χ2v) is 6.39. The Balaban J connectivity index is 3.45. The summed E-state index contributed by atoms with van der Waals surface area (Å²) in [6.45, 7) is 6.91. The lowest BCUT2D eigenvalue weighted by atomic mass is 9.98. The van der Waals surface area contributed by atoms with Gasteiger partial charge in [0.25, 0.3) is 10.1 Å². The second-order valence-electron chi connectivity index (χ2n) is 4.74. The summed E-state index contributed by atoms with van der Waals surface area (Å²) in [5.74, 6) is 1.30. The molecular formula is C11H24O3S. The first-order valence-electron chi connectivity index (χ1n) is 5.65. The first kappa shape index (κ1) is 14.9. The van der Waals surface area contributed by atoms with Gasteiger partial charge in [-0.05, 0) is 18.3 Å². The Kier molecular flexibility index (Phi) is 7.18. The monoisotopic (exact) mass is 236 g/mol. The highest BCUT2D eigenvalue weighted by atomic mass is 32.2. The zero-order chi connectivity index (χ0) is 11.9. The Morgan fingerprint density at radius 1 is 1.07 bits per heavy atom. The zero-order valence-electron chi connectivity index (χ0n) is 10.3. The summed E-state index contributed by atoms with van der Waals surface area (Å²) < 4.78 is 26.1. The van der Waals surface area contributed by atoms with Gasteiger partial charge < -0.3 is 0 Å². The van der Waals surface area contributed by atoms with Gasteiger partial charge in [0, 0.05) is 0 Å². The number of rotatable bonds is 8. The average molecular weight is 236 g/mol. The summed E-state index contributed by atoms with van der Waals surface area (Å²) >= 11 is 0. The van der Waals surface area contributed by atoms with Crippen LogP contribution in [0.25, 0.3) is 0 Å². The van der Waals surface area contributed by atoms with Crippen LogP contribution in [0.2, 0.25) is 0 Å². The van der Waals surface area contributed by atoms with E-state index in [4.69, 9.17) is 4.18 Å². The maximum absolute atomic E-state index is 10.7. The fourth-order valence-corrected chi connectivity index (χ4v) is 1.82. The van der Waals surface area contributed by atoms with E-state index in [1.807, 2.05) is 0 Å². The Labute approximate surface area is 94.3 Å². The molecule has 0 aromatic heterocycles. The highest BCUT2D eigenvalue weighted by Crippen LogP contribution is 2.15. The van der Waals surface area contributed by atoms with Crippen LogP contribution in [0.5, 0.6) is 0 Å². The van der Waals surface area contributed by atoms with Gasteiger partial charge in [-0.1, -0.05) is 40.0 Å². The molecule has 4 heteroatoms. The zero-order valence-corrected chi connectivity index (χ0v) is 11.1. The molecular weight excluding hydrogens is 212 g/mol. The average Bonchev–Trinajstić information content (AvgIpc) is 2.00. The van der Waals surface area contributed by atoms with E-state index in [1.54, 1.807) is 0 Å². The molecule has 0 aliphatic carbocycles. The van der Waals surface area contributed by atoms with Crippen LogP contribution in [0.4, 0.5) is 0 Å². The molecule has 1 atom stereocenters. The van der Waals surface area contributed by atoms with Gasteiger partial charge in [0.2, 0.25) is 0 Å². The molecule has 0 N–H and O–H groups in total. The second kappa shape index (κ2) is 7.23. The van der Waals surface area contributed by atoms with Crippen LogP contribution in [-0.4, -0.2) is 21.3 Å². The maximum atomic E-state index is 10.7. The molecule has 0 fully saturated rings. The van der Waals surface area contributed by atoms with Crippen molar-refractivity contribution >= 4 is 10.1 Å². The SMILES string of the molecule is CC(C)CCC[C@H](C)CCOS(C)(=O)=O. The molecule has 0 saturated carbocycles. The first-order chi connectivity index (χ1) is 6.81. The lowest BCUT2D eigenvalue weighted by molar-refractivity contribution is 0.282. The van der Waals surface area contributed by atoms with E-state index in [0.717, 1.165) is 25.0 Å². The van der Waals surface area contributed by atoms with Crippen molar-refractivity contribution in [1.29, 1.82) is 0 Å². The quantitative estimate of drug-likeness (QED) is 0.609. The summed E-state index contributed by atoms with van der Waals surface area (Å²) in [7, 11) is -3.25. The largest absolute Gasteiger partial charge is 0.270 e. The predicted octanol–water partition coefficient (Wildman–Crippen LogP) is 2.82. The number of hydrogen-bond acceptors (Lipinski definition) is 3. The van der Waals surface area contributed by atoms with Gasteiger partial charge in [-0.25, -0.2) is 0 Å². The third kappa shape index (κ3) is 11.8. The van der Waals surface area contributed by atoms with Crippen molar-refractivity contribution in [1.82, 2.24) is 0 Å².